The molecule has 1 N–H and O–H groups in total. The Hall–Kier alpha value is -1.46. The maximum absolute atomic E-state index is 10.1. The van der Waals surface area contributed by atoms with Crippen molar-refractivity contribution in [3.05, 3.63) is 52.5 Å². The van der Waals surface area contributed by atoms with Gasteiger partial charge in [0, 0.05) is 22.4 Å². The van der Waals surface area contributed by atoms with E-state index in [0.29, 0.717) is 17.0 Å². The van der Waals surface area contributed by atoms with E-state index in [1.54, 1.807) is 37.8 Å². The molecule has 88 valence electrons. The van der Waals surface area contributed by atoms with Crippen LogP contribution in [0.4, 0.5) is 0 Å². The van der Waals surface area contributed by atoms with E-state index in [1.165, 1.54) is 0 Å². The first kappa shape index (κ1) is 12.0. The molecular weight excluding hydrogens is 284 g/mol. The number of pyridine rings is 2. The van der Waals surface area contributed by atoms with Crippen LogP contribution in [0.3, 0.4) is 0 Å². The smallest absolute Gasteiger partial charge is 0.137 e. The van der Waals surface area contributed by atoms with Gasteiger partial charge in [-0.05, 0) is 34.1 Å². The Morgan fingerprint density at radius 1 is 1.29 bits per heavy atom. The molecule has 0 aliphatic rings. The first-order valence-electron chi connectivity index (χ1n) is 4.99. The minimum Gasteiger partial charge on any atom is -0.495 e. The topological polar surface area (TPSA) is 55.2 Å². The van der Waals surface area contributed by atoms with Crippen LogP contribution in [0.1, 0.15) is 17.4 Å². The average molecular weight is 295 g/mol. The molecule has 0 amide bonds. The fraction of sp³-hybridized carbons (Fsp3) is 0.167. The number of hydrogen-bond acceptors (Lipinski definition) is 4. The predicted molar refractivity (Wildman–Crippen MR) is 66.8 cm³/mol. The lowest BCUT2D eigenvalue weighted by molar-refractivity contribution is 0.214. The molecule has 2 heterocycles. The number of hydrogen-bond donors (Lipinski definition) is 1. The normalized spacial score (nSPS) is 12.2. The number of rotatable bonds is 3. The van der Waals surface area contributed by atoms with Gasteiger partial charge in [-0.25, -0.2) is 0 Å². The zero-order valence-corrected chi connectivity index (χ0v) is 10.8. The summed E-state index contributed by atoms with van der Waals surface area (Å²) in [4.78, 5) is 8.14. The standard InChI is InChI=1S/C12H11BrN2O2/c1-17-10-4-8(5-14-7-10)12(16)11-3-2-9(13)6-15-11/h2-7,12,16H,1H3. The van der Waals surface area contributed by atoms with Crippen molar-refractivity contribution in [2.24, 2.45) is 0 Å². The van der Waals surface area contributed by atoms with Gasteiger partial charge in [0.2, 0.25) is 0 Å². The highest BCUT2D eigenvalue weighted by atomic mass is 79.9. The molecule has 0 aliphatic carbocycles. The largest absolute Gasteiger partial charge is 0.495 e. The molecule has 0 bridgehead atoms. The van der Waals surface area contributed by atoms with Gasteiger partial charge < -0.3 is 9.84 Å². The molecule has 2 rings (SSSR count). The predicted octanol–water partition coefficient (Wildman–Crippen LogP) is 2.33. The molecule has 0 saturated heterocycles. The van der Waals surface area contributed by atoms with Gasteiger partial charge in [-0.3, -0.25) is 9.97 Å². The third-order valence-electron chi connectivity index (χ3n) is 2.32. The SMILES string of the molecule is COc1cncc(C(O)c2ccc(Br)cn2)c1. The first-order valence-corrected chi connectivity index (χ1v) is 5.78. The van der Waals surface area contributed by atoms with Crippen LogP contribution < -0.4 is 4.74 Å². The summed E-state index contributed by atoms with van der Waals surface area (Å²) in [5.74, 6) is 0.610. The maximum atomic E-state index is 10.1. The van der Waals surface area contributed by atoms with Crippen LogP contribution in [0.2, 0.25) is 0 Å². The van der Waals surface area contributed by atoms with Crippen LogP contribution in [0.25, 0.3) is 0 Å². The molecule has 0 fully saturated rings. The summed E-state index contributed by atoms with van der Waals surface area (Å²) >= 11 is 3.30. The van der Waals surface area contributed by atoms with E-state index in [9.17, 15) is 5.11 Å². The number of methoxy groups -OCH3 is 1. The second kappa shape index (κ2) is 5.25. The molecule has 0 aliphatic heterocycles. The molecular formula is C12H11BrN2O2. The Morgan fingerprint density at radius 3 is 2.76 bits per heavy atom. The highest BCUT2D eigenvalue weighted by molar-refractivity contribution is 9.10. The van der Waals surface area contributed by atoms with Crippen molar-refractivity contribution in [3.8, 4) is 5.75 Å². The fourth-order valence-electron chi connectivity index (χ4n) is 1.42. The molecule has 1 atom stereocenters. The van der Waals surface area contributed by atoms with Crippen molar-refractivity contribution < 1.29 is 9.84 Å². The second-order valence-corrected chi connectivity index (χ2v) is 4.38. The number of aliphatic hydroxyl groups excluding tert-OH is 1. The van der Waals surface area contributed by atoms with Crippen LogP contribution in [0.5, 0.6) is 5.75 Å². The second-order valence-electron chi connectivity index (χ2n) is 3.46. The summed E-state index contributed by atoms with van der Waals surface area (Å²) in [6.07, 6.45) is 4.03. The molecule has 0 saturated carbocycles. The van der Waals surface area contributed by atoms with Gasteiger partial charge in [-0.15, -0.1) is 0 Å². The van der Waals surface area contributed by atoms with Gasteiger partial charge in [0.25, 0.3) is 0 Å². The minimum atomic E-state index is -0.800. The summed E-state index contributed by atoms with van der Waals surface area (Å²) < 4.78 is 5.93. The average Bonchev–Trinajstić information content (AvgIpc) is 2.39. The lowest BCUT2D eigenvalue weighted by atomic mass is 10.1. The number of aromatic nitrogens is 2. The van der Waals surface area contributed by atoms with Crippen molar-refractivity contribution in [1.82, 2.24) is 9.97 Å². The molecule has 17 heavy (non-hydrogen) atoms. The van der Waals surface area contributed by atoms with Crippen LogP contribution in [0, 0.1) is 0 Å². The van der Waals surface area contributed by atoms with Crippen molar-refractivity contribution in [1.29, 1.82) is 0 Å². The minimum absolute atomic E-state index is 0.572. The van der Waals surface area contributed by atoms with E-state index < -0.39 is 6.10 Å². The van der Waals surface area contributed by atoms with E-state index in [4.69, 9.17) is 4.74 Å². The van der Waals surface area contributed by atoms with Gasteiger partial charge >= 0.3 is 0 Å². The van der Waals surface area contributed by atoms with Crippen molar-refractivity contribution in [3.63, 3.8) is 0 Å². The van der Waals surface area contributed by atoms with Gasteiger partial charge in [-0.1, -0.05) is 0 Å². The monoisotopic (exact) mass is 294 g/mol. The zero-order chi connectivity index (χ0) is 12.3. The van der Waals surface area contributed by atoms with E-state index in [-0.39, 0.29) is 0 Å². The molecule has 4 nitrogen and oxygen atoms in total. The number of nitrogens with zero attached hydrogens (tertiary/aromatic N) is 2. The third-order valence-corrected chi connectivity index (χ3v) is 2.79. The van der Waals surface area contributed by atoms with Gasteiger partial charge in [-0.2, -0.15) is 0 Å². The van der Waals surface area contributed by atoms with Gasteiger partial charge in [0.1, 0.15) is 11.9 Å². The summed E-state index contributed by atoms with van der Waals surface area (Å²) in [5.41, 5.74) is 1.22. The van der Waals surface area contributed by atoms with E-state index in [2.05, 4.69) is 25.9 Å². The summed E-state index contributed by atoms with van der Waals surface area (Å²) in [7, 11) is 1.56. The molecule has 2 aromatic heterocycles. The highest BCUT2D eigenvalue weighted by Crippen LogP contribution is 2.23. The molecule has 0 aromatic carbocycles. The van der Waals surface area contributed by atoms with E-state index in [1.807, 2.05) is 6.07 Å². The third kappa shape index (κ3) is 2.81. The van der Waals surface area contributed by atoms with E-state index in [0.717, 1.165) is 4.47 Å². The summed E-state index contributed by atoms with van der Waals surface area (Å²) in [6.45, 7) is 0. The van der Waals surface area contributed by atoms with Gasteiger partial charge in [0.05, 0.1) is 19.0 Å². The number of ether oxygens (including phenoxy) is 1. The molecule has 0 spiro atoms. The van der Waals surface area contributed by atoms with Crippen molar-refractivity contribution in [2.45, 2.75) is 6.10 Å². The maximum Gasteiger partial charge on any atom is 0.137 e. The Morgan fingerprint density at radius 2 is 2.12 bits per heavy atom. The van der Waals surface area contributed by atoms with Crippen molar-refractivity contribution in [2.75, 3.05) is 7.11 Å². The first-order chi connectivity index (χ1) is 8.20. The van der Waals surface area contributed by atoms with Crippen LogP contribution in [0.15, 0.2) is 41.3 Å². The van der Waals surface area contributed by atoms with Crippen LogP contribution >= 0.6 is 15.9 Å². The summed E-state index contributed by atoms with van der Waals surface area (Å²) in [6, 6.07) is 5.33. The van der Waals surface area contributed by atoms with Crippen molar-refractivity contribution >= 4 is 15.9 Å². The molecule has 0 radical (unpaired) electrons. The number of halogens is 1. The Kier molecular flexibility index (Phi) is 3.71. The Labute approximate surface area is 107 Å². The fourth-order valence-corrected chi connectivity index (χ4v) is 1.65. The lowest BCUT2D eigenvalue weighted by Gasteiger charge is -2.11. The van der Waals surface area contributed by atoms with Crippen LogP contribution in [-0.2, 0) is 0 Å². The Bertz CT molecular complexity index is 502. The highest BCUT2D eigenvalue weighted by Gasteiger charge is 2.12. The molecule has 2 aromatic rings. The zero-order valence-electron chi connectivity index (χ0n) is 9.17. The van der Waals surface area contributed by atoms with Gasteiger partial charge in [0.15, 0.2) is 0 Å². The molecule has 1 unspecified atom stereocenters. The van der Waals surface area contributed by atoms with Crippen LogP contribution in [-0.4, -0.2) is 22.2 Å². The van der Waals surface area contributed by atoms with E-state index >= 15 is 0 Å². The Balaban J connectivity index is 2.29. The summed E-state index contributed by atoms with van der Waals surface area (Å²) in [5, 5.41) is 10.1. The number of aliphatic hydroxyl groups is 1. The molecule has 5 heteroatoms. The lowest BCUT2D eigenvalue weighted by Crippen LogP contribution is -2.03. The quantitative estimate of drug-likeness (QED) is 0.944.